The van der Waals surface area contributed by atoms with Gasteiger partial charge in [0.05, 0.1) is 16.6 Å². The Hall–Kier alpha value is -1.85. The minimum atomic E-state index is -4.75. The normalized spacial score (nSPS) is 13.5. The predicted octanol–water partition coefficient (Wildman–Crippen LogP) is 2.07. The van der Waals surface area contributed by atoms with E-state index in [1.807, 2.05) is 0 Å². The fourth-order valence-electron chi connectivity index (χ4n) is 2.13. The number of aliphatic hydroxyl groups is 1. The van der Waals surface area contributed by atoms with Gasteiger partial charge >= 0.3 is 12.1 Å². The van der Waals surface area contributed by atoms with Crippen LogP contribution in [0.15, 0.2) is 23.1 Å². The van der Waals surface area contributed by atoms with Crippen LogP contribution in [0.2, 0.25) is 0 Å². The zero-order chi connectivity index (χ0) is 20.8. The predicted molar refractivity (Wildman–Crippen MR) is 92.7 cm³/mol. The van der Waals surface area contributed by atoms with Gasteiger partial charge in [-0.05, 0) is 25.1 Å². The van der Waals surface area contributed by atoms with Crippen LogP contribution in [0.4, 0.5) is 18.9 Å². The van der Waals surface area contributed by atoms with Gasteiger partial charge in [0.2, 0.25) is 10.0 Å². The molecular weight excluding hydrogens is 389 g/mol. The number of hydrogen-bond acceptors (Lipinski definition) is 6. The van der Waals surface area contributed by atoms with Crippen molar-refractivity contribution in [3.05, 3.63) is 23.8 Å². The lowest BCUT2D eigenvalue weighted by Crippen LogP contribution is -2.33. The zero-order valence-electron chi connectivity index (χ0n) is 15.2. The summed E-state index contributed by atoms with van der Waals surface area (Å²) in [6.45, 7) is 2.63. The summed E-state index contributed by atoms with van der Waals surface area (Å²) in [6, 6.07) is 2.37. The van der Waals surface area contributed by atoms with E-state index in [-0.39, 0.29) is 31.8 Å². The number of benzene rings is 1. The Morgan fingerprint density at radius 2 is 1.96 bits per heavy atom. The van der Waals surface area contributed by atoms with E-state index in [1.165, 1.54) is 14.0 Å². The number of likely N-dealkylation sites (N-methyl/N-ethyl adjacent to an activating group) is 1. The number of rotatable bonds is 9. The summed E-state index contributed by atoms with van der Waals surface area (Å²) in [6.07, 6.45) is -5.57. The van der Waals surface area contributed by atoms with Gasteiger partial charge < -0.3 is 15.2 Å². The van der Waals surface area contributed by atoms with Gasteiger partial charge in [0.15, 0.2) is 0 Å². The SMILES string of the molecule is CCC(=O)OCCNc1cc(C(F)(F)F)cc(S(=O)(=O)N(C)C[C@H](C)O)c1. The second-order valence-electron chi connectivity index (χ2n) is 5.88. The maximum absolute atomic E-state index is 13.1. The van der Waals surface area contributed by atoms with E-state index < -0.39 is 38.7 Å². The van der Waals surface area contributed by atoms with E-state index in [0.29, 0.717) is 6.07 Å². The minimum Gasteiger partial charge on any atom is -0.464 e. The average Bonchev–Trinajstić information content (AvgIpc) is 2.56. The molecule has 1 rings (SSSR count). The van der Waals surface area contributed by atoms with E-state index in [4.69, 9.17) is 4.74 Å². The molecule has 7 nitrogen and oxygen atoms in total. The lowest BCUT2D eigenvalue weighted by Gasteiger charge is -2.20. The number of anilines is 1. The Bertz CT molecular complexity index is 751. The molecule has 0 saturated heterocycles. The summed E-state index contributed by atoms with van der Waals surface area (Å²) in [5.41, 5.74) is -1.22. The number of carbonyl (C=O) groups is 1. The van der Waals surface area contributed by atoms with E-state index in [1.54, 1.807) is 6.92 Å². The van der Waals surface area contributed by atoms with E-state index in [9.17, 15) is 31.5 Å². The van der Waals surface area contributed by atoms with Crippen LogP contribution in [0.1, 0.15) is 25.8 Å². The van der Waals surface area contributed by atoms with Gasteiger partial charge in [0, 0.05) is 32.2 Å². The monoisotopic (exact) mass is 412 g/mol. The van der Waals surface area contributed by atoms with E-state index in [0.717, 1.165) is 16.4 Å². The molecule has 0 aliphatic carbocycles. The van der Waals surface area contributed by atoms with Gasteiger partial charge in [-0.2, -0.15) is 17.5 Å². The Kier molecular flexibility index (Phi) is 8.05. The summed E-state index contributed by atoms with van der Waals surface area (Å²) < 4.78 is 70.0. The first-order valence-corrected chi connectivity index (χ1v) is 9.58. The topological polar surface area (TPSA) is 95.9 Å². The maximum Gasteiger partial charge on any atom is 0.416 e. The highest BCUT2D eigenvalue weighted by atomic mass is 32.2. The lowest BCUT2D eigenvalue weighted by molar-refractivity contribution is -0.142. The third-order valence-electron chi connectivity index (χ3n) is 3.45. The van der Waals surface area contributed by atoms with Crippen LogP contribution >= 0.6 is 0 Å². The highest BCUT2D eigenvalue weighted by Crippen LogP contribution is 2.33. The first-order chi connectivity index (χ1) is 12.4. The van der Waals surface area contributed by atoms with Gasteiger partial charge in [0.1, 0.15) is 6.61 Å². The summed E-state index contributed by atoms with van der Waals surface area (Å²) in [4.78, 5) is 10.5. The van der Waals surface area contributed by atoms with Crippen molar-refractivity contribution in [2.24, 2.45) is 0 Å². The third kappa shape index (κ3) is 7.00. The molecule has 11 heteroatoms. The first-order valence-electron chi connectivity index (χ1n) is 8.14. The van der Waals surface area contributed by atoms with Crippen molar-refractivity contribution in [2.75, 3.05) is 32.1 Å². The molecule has 0 spiro atoms. The molecule has 154 valence electrons. The fourth-order valence-corrected chi connectivity index (χ4v) is 3.45. The molecule has 0 aliphatic heterocycles. The summed E-state index contributed by atoms with van der Waals surface area (Å²) in [7, 11) is -3.07. The smallest absolute Gasteiger partial charge is 0.416 e. The number of sulfonamides is 1. The van der Waals surface area contributed by atoms with Crippen LogP contribution < -0.4 is 5.32 Å². The number of halogens is 3. The Morgan fingerprint density at radius 1 is 1.33 bits per heavy atom. The van der Waals surface area contributed by atoms with E-state index >= 15 is 0 Å². The summed E-state index contributed by atoms with van der Waals surface area (Å²) in [5.74, 6) is -0.455. The van der Waals surface area contributed by atoms with E-state index in [2.05, 4.69) is 5.32 Å². The second-order valence-corrected chi connectivity index (χ2v) is 7.92. The largest absolute Gasteiger partial charge is 0.464 e. The van der Waals surface area contributed by atoms with Crippen molar-refractivity contribution in [3.8, 4) is 0 Å². The van der Waals surface area contributed by atoms with Crippen molar-refractivity contribution in [2.45, 2.75) is 37.4 Å². The molecule has 0 radical (unpaired) electrons. The molecule has 1 atom stereocenters. The molecule has 0 aromatic heterocycles. The number of nitrogens with zero attached hydrogens (tertiary/aromatic N) is 1. The molecular formula is C16H23F3N2O5S. The lowest BCUT2D eigenvalue weighted by atomic mass is 10.2. The minimum absolute atomic E-state index is 0.00997. The Labute approximate surface area is 156 Å². The van der Waals surface area contributed by atoms with Crippen molar-refractivity contribution in [3.63, 3.8) is 0 Å². The van der Waals surface area contributed by atoms with Crippen molar-refractivity contribution < 1.29 is 36.2 Å². The fraction of sp³-hybridized carbons (Fsp3) is 0.562. The Balaban J connectivity index is 3.12. The standard InChI is InChI=1S/C16H23F3N2O5S/c1-4-15(23)26-6-5-20-13-7-12(16(17,18)19)8-14(9-13)27(24,25)21(3)10-11(2)22/h7-9,11,20,22H,4-6,10H2,1-3H3/t11-/m0/s1. The van der Waals surface area contributed by atoms with Crippen LogP contribution in [0.5, 0.6) is 0 Å². The van der Waals surface area contributed by atoms with Gasteiger partial charge in [0.25, 0.3) is 0 Å². The van der Waals surface area contributed by atoms with Crippen LogP contribution in [-0.4, -0.2) is 56.6 Å². The molecule has 1 aromatic carbocycles. The first kappa shape index (κ1) is 23.2. The number of hydrogen-bond donors (Lipinski definition) is 2. The molecule has 1 aromatic rings. The molecule has 2 N–H and O–H groups in total. The van der Waals surface area contributed by atoms with Crippen molar-refractivity contribution in [1.29, 1.82) is 0 Å². The Morgan fingerprint density at radius 3 is 2.48 bits per heavy atom. The zero-order valence-corrected chi connectivity index (χ0v) is 16.0. The number of nitrogens with one attached hydrogen (secondary N) is 1. The highest BCUT2D eigenvalue weighted by molar-refractivity contribution is 7.89. The molecule has 0 amide bonds. The number of aliphatic hydroxyl groups excluding tert-OH is 1. The van der Waals surface area contributed by atoms with Gasteiger partial charge in [-0.15, -0.1) is 0 Å². The molecule has 0 heterocycles. The molecule has 0 aliphatic rings. The molecule has 27 heavy (non-hydrogen) atoms. The van der Waals surface area contributed by atoms with Crippen LogP contribution in [-0.2, 0) is 25.7 Å². The molecule has 0 bridgehead atoms. The second kappa shape index (κ2) is 9.38. The highest BCUT2D eigenvalue weighted by Gasteiger charge is 2.33. The average molecular weight is 412 g/mol. The summed E-state index contributed by atoms with van der Waals surface area (Å²) >= 11 is 0. The van der Waals surface area contributed by atoms with Gasteiger partial charge in [-0.3, -0.25) is 4.79 Å². The molecule has 0 fully saturated rings. The van der Waals surface area contributed by atoms with Crippen LogP contribution in [0.3, 0.4) is 0 Å². The van der Waals surface area contributed by atoms with Gasteiger partial charge in [-0.1, -0.05) is 6.92 Å². The van der Waals surface area contributed by atoms with Gasteiger partial charge in [-0.25, -0.2) is 8.42 Å². The number of ether oxygens (including phenoxy) is 1. The summed E-state index contributed by atoms with van der Waals surface area (Å²) in [5, 5.41) is 12.0. The quantitative estimate of drug-likeness (QED) is 0.476. The number of alkyl halides is 3. The van der Waals surface area contributed by atoms with Crippen molar-refractivity contribution >= 4 is 21.7 Å². The molecule has 0 unspecified atom stereocenters. The number of esters is 1. The molecule has 0 saturated carbocycles. The van der Waals surface area contributed by atoms with Crippen LogP contribution in [0.25, 0.3) is 0 Å². The van der Waals surface area contributed by atoms with Crippen molar-refractivity contribution in [1.82, 2.24) is 4.31 Å². The third-order valence-corrected chi connectivity index (χ3v) is 5.25. The van der Waals surface area contributed by atoms with Crippen LogP contribution in [0, 0.1) is 0 Å². The number of carbonyl (C=O) groups excluding carboxylic acids is 1. The maximum atomic E-state index is 13.1.